The lowest BCUT2D eigenvalue weighted by Crippen LogP contribution is -2.46. The first-order chi connectivity index (χ1) is 8.45. The number of fused-ring (bicyclic) bond motifs is 3. The van der Waals surface area contributed by atoms with Gasteiger partial charge in [0, 0.05) is 16.9 Å². The maximum absolute atomic E-state index is 11.7. The first kappa shape index (κ1) is 12.0. The van der Waals surface area contributed by atoms with Gasteiger partial charge in [0.2, 0.25) is 0 Å². The van der Waals surface area contributed by atoms with Crippen LogP contribution < -0.4 is 0 Å². The Labute approximate surface area is 108 Å². The van der Waals surface area contributed by atoms with Gasteiger partial charge >= 0.3 is 5.97 Å². The molecule has 1 N–H and O–H groups in total. The molecule has 0 aromatic heterocycles. The van der Waals surface area contributed by atoms with Crippen molar-refractivity contribution in [3.05, 3.63) is 23.3 Å². The minimum absolute atomic E-state index is 0.126. The third-order valence-electron chi connectivity index (χ3n) is 5.17. The summed E-state index contributed by atoms with van der Waals surface area (Å²) in [6, 6.07) is 0. The fourth-order valence-electron chi connectivity index (χ4n) is 3.99. The highest BCUT2D eigenvalue weighted by Crippen LogP contribution is 2.55. The van der Waals surface area contributed by atoms with E-state index >= 15 is 0 Å². The Morgan fingerprint density at radius 1 is 1.44 bits per heavy atom. The van der Waals surface area contributed by atoms with Gasteiger partial charge in [-0.2, -0.15) is 0 Å². The van der Waals surface area contributed by atoms with Gasteiger partial charge in [0.1, 0.15) is 6.10 Å². The van der Waals surface area contributed by atoms with Gasteiger partial charge in [-0.05, 0) is 38.2 Å². The minimum atomic E-state index is -0.315. The molecule has 2 aliphatic carbocycles. The number of hydrogen-bond acceptors (Lipinski definition) is 3. The van der Waals surface area contributed by atoms with E-state index in [0.29, 0.717) is 5.57 Å². The second kappa shape index (κ2) is 3.70. The second-order valence-corrected chi connectivity index (χ2v) is 6.16. The van der Waals surface area contributed by atoms with Gasteiger partial charge in [0.05, 0.1) is 6.10 Å². The minimum Gasteiger partial charge on any atom is -0.454 e. The van der Waals surface area contributed by atoms with Crippen LogP contribution in [0.3, 0.4) is 0 Å². The number of rotatable bonds is 0. The Morgan fingerprint density at radius 3 is 2.89 bits per heavy atom. The Morgan fingerprint density at radius 2 is 2.17 bits per heavy atom. The summed E-state index contributed by atoms with van der Waals surface area (Å²) < 4.78 is 5.52. The lowest BCUT2D eigenvalue weighted by atomic mass is 9.59. The fourth-order valence-corrected chi connectivity index (χ4v) is 3.99. The zero-order valence-electron chi connectivity index (χ0n) is 11.0. The summed E-state index contributed by atoms with van der Waals surface area (Å²) in [5, 5.41) is 10.3. The number of hydrogen-bond donors (Lipinski definition) is 1. The van der Waals surface area contributed by atoms with Crippen molar-refractivity contribution in [3.63, 3.8) is 0 Å². The van der Waals surface area contributed by atoms with Crippen LogP contribution in [0.1, 0.15) is 39.5 Å². The highest BCUT2D eigenvalue weighted by molar-refractivity contribution is 5.91. The van der Waals surface area contributed by atoms with Crippen LogP contribution in [0.5, 0.6) is 0 Å². The number of carbonyl (C=O) groups is 1. The van der Waals surface area contributed by atoms with Gasteiger partial charge in [-0.3, -0.25) is 0 Å². The van der Waals surface area contributed by atoms with Gasteiger partial charge in [-0.15, -0.1) is 0 Å². The maximum atomic E-state index is 11.7. The first-order valence-electron chi connectivity index (χ1n) is 6.73. The Balaban J connectivity index is 2.08. The molecule has 0 spiro atoms. The summed E-state index contributed by atoms with van der Waals surface area (Å²) in [5.41, 5.74) is 2.86. The Bertz CT molecular complexity index is 462. The summed E-state index contributed by atoms with van der Waals surface area (Å²) in [6.07, 6.45) is 3.04. The molecule has 1 saturated heterocycles. The van der Waals surface area contributed by atoms with Gasteiger partial charge < -0.3 is 9.84 Å². The number of ether oxygens (including phenoxy) is 1. The number of carbonyl (C=O) groups excluding carboxylic acids is 1. The smallest absolute Gasteiger partial charge is 0.334 e. The van der Waals surface area contributed by atoms with Crippen LogP contribution in [0.25, 0.3) is 0 Å². The van der Waals surface area contributed by atoms with Crippen molar-refractivity contribution in [3.8, 4) is 0 Å². The molecule has 3 nitrogen and oxygen atoms in total. The molecule has 3 aliphatic rings. The molecule has 3 heteroatoms. The third-order valence-corrected chi connectivity index (χ3v) is 5.17. The van der Waals surface area contributed by atoms with Crippen LogP contribution in [0.4, 0.5) is 0 Å². The molecule has 1 aliphatic heterocycles. The van der Waals surface area contributed by atoms with Crippen LogP contribution in [-0.4, -0.2) is 23.3 Å². The van der Waals surface area contributed by atoms with Crippen LogP contribution in [-0.2, 0) is 9.53 Å². The van der Waals surface area contributed by atoms with Crippen LogP contribution >= 0.6 is 0 Å². The molecule has 2 fully saturated rings. The van der Waals surface area contributed by atoms with E-state index < -0.39 is 0 Å². The van der Waals surface area contributed by atoms with Crippen molar-refractivity contribution >= 4 is 5.97 Å². The molecule has 1 heterocycles. The number of allylic oxidation sites excluding steroid dienone is 1. The van der Waals surface area contributed by atoms with Gasteiger partial charge in [0.15, 0.2) is 0 Å². The summed E-state index contributed by atoms with van der Waals surface area (Å²) in [5.74, 6) is -0.129. The molecule has 0 bridgehead atoms. The average molecular weight is 248 g/mol. The SMILES string of the molecule is C=C1C(=O)OC2C3=C(C)CCC(O)C3(C)CCC12. The Kier molecular flexibility index (Phi) is 2.46. The predicted molar refractivity (Wildman–Crippen MR) is 67.8 cm³/mol. The quantitative estimate of drug-likeness (QED) is 0.406. The predicted octanol–water partition coefficient (Wildman–Crippen LogP) is 2.36. The average Bonchev–Trinajstić information content (AvgIpc) is 2.60. The van der Waals surface area contributed by atoms with Crippen molar-refractivity contribution in [2.45, 2.75) is 51.7 Å². The van der Waals surface area contributed by atoms with Gasteiger partial charge in [-0.25, -0.2) is 4.79 Å². The molecule has 3 rings (SSSR count). The van der Waals surface area contributed by atoms with E-state index in [-0.39, 0.29) is 29.5 Å². The van der Waals surface area contributed by atoms with Crippen molar-refractivity contribution < 1.29 is 14.6 Å². The molecule has 4 atom stereocenters. The highest BCUT2D eigenvalue weighted by atomic mass is 16.6. The van der Waals surface area contributed by atoms with Crippen LogP contribution in [0.15, 0.2) is 23.3 Å². The van der Waals surface area contributed by atoms with Gasteiger partial charge in [-0.1, -0.05) is 19.1 Å². The van der Waals surface area contributed by atoms with Crippen molar-refractivity contribution in [2.24, 2.45) is 11.3 Å². The molecule has 98 valence electrons. The maximum Gasteiger partial charge on any atom is 0.334 e. The molecule has 0 aromatic rings. The first-order valence-corrected chi connectivity index (χ1v) is 6.73. The molecule has 4 unspecified atom stereocenters. The number of aliphatic hydroxyl groups excluding tert-OH is 1. The molecule has 18 heavy (non-hydrogen) atoms. The fraction of sp³-hybridized carbons (Fsp3) is 0.667. The molecular weight excluding hydrogens is 228 g/mol. The molecule has 0 aromatic carbocycles. The lowest BCUT2D eigenvalue weighted by Gasteiger charge is -2.48. The van der Waals surface area contributed by atoms with E-state index in [1.54, 1.807) is 0 Å². The van der Waals surface area contributed by atoms with Crippen molar-refractivity contribution in [1.82, 2.24) is 0 Å². The van der Waals surface area contributed by atoms with E-state index in [1.807, 2.05) is 0 Å². The van der Waals surface area contributed by atoms with Crippen molar-refractivity contribution in [1.29, 1.82) is 0 Å². The zero-order valence-corrected chi connectivity index (χ0v) is 11.0. The van der Waals surface area contributed by atoms with Crippen molar-refractivity contribution in [2.75, 3.05) is 0 Å². The monoisotopic (exact) mass is 248 g/mol. The number of aliphatic hydroxyl groups is 1. The summed E-state index contributed by atoms with van der Waals surface area (Å²) in [6.45, 7) is 8.08. The number of esters is 1. The largest absolute Gasteiger partial charge is 0.454 e. The van der Waals surface area contributed by atoms with E-state index in [2.05, 4.69) is 20.4 Å². The topological polar surface area (TPSA) is 46.5 Å². The van der Waals surface area contributed by atoms with E-state index in [4.69, 9.17) is 4.74 Å². The normalized spacial score (nSPS) is 43.6. The second-order valence-electron chi connectivity index (χ2n) is 6.16. The van der Waals surface area contributed by atoms with Crippen LogP contribution in [0, 0.1) is 11.3 Å². The summed E-state index contributed by atoms with van der Waals surface area (Å²) in [7, 11) is 0. The van der Waals surface area contributed by atoms with Gasteiger partial charge in [0.25, 0.3) is 0 Å². The standard InChI is InChI=1S/C15H20O3/c1-8-4-5-11(16)15(3)7-6-10-9(2)14(17)18-13(10)12(8)15/h10-11,13,16H,2,4-7H2,1,3H3. The van der Waals surface area contributed by atoms with Crippen LogP contribution in [0.2, 0.25) is 0 Å². The summed E-state index contributed by atoms with van der Waals surface area (Å²) in [4.78, 5) is 11.7. The molecule has 0 amide bonds. The zero-order chi connectivity index (χ0) is 13.1. The molecular formula is C15H20O3. The Hall–Kier alpha value is -1.09. The lowest BCUT2D eigenvalue weighted by molar-refractivity contribution is -0.139. The van der Waals surface area contributed by atoms with E-state index in [0.717, 1.165) is 25.7 Å². The highest BCUT2D eigenvalue weighted by Gasteiger charge is 2.54. The van der Waals surface area contributed by atoms with E-state index in [1.165, 1.54) is 11.1 Å². The molecule has 0 radical (unpaired) electrons. The van der Waals surface area contributed by atoms with E-state index in [9.17, 15) is 9.90 Å². The summed E-state index contributed by atoms with van der Waals surface area (Å²) >= 11 is 0. The third kappa shape index (κ3) is 1.37. The molecule has 1 saturated carbocycles.